The third-order valence-corrected chi connectivity index (χ3v) is 2.92. The molecule has 5 heteroatoms. The first-order valence-electron chi connectivity index (χ1n) is 6.78. The first kappa shape index (κ1) is 15.0. The van der Waals surface area contributed by atoms with Crippen LogP contribution in [0, 0.1) is 0 Å². The molecule has 5 nitrogen and oxygen atoms in total. The molecule has 2 N–H and O–H groups in total. The van der Waals surface area contributed by atoms with Gasteiger partial charge in [0, 0.05) is 30.6 Å². The highest BCUT2D eigenvalue weighted by molar-refractivity contribution is 5.94. The van der Waals surface area contributed by atoms with Gasteiger partial charge in [0.25, 0.3) is 5.91 Å². The average molecular weight is 286 g/mol. The summed E-state index contributed by atoms with van der Waals surface area (Å²) in [5.74, 6) is 1.07. The Morgan fingerprint density at radius 3 is 2.76 bits per heavy atom. The summed E-state index contributed by atoms with van der Waals surface area (Å²) >= 11 is 0. The van der Waals surface area contributed by atoms with Crippen LogP contribution in [-0.2, 0) is 0 Å². The molecule has 0 radical (unpaired) electrons. The van der Waals surface area contributed by atoms with Crippen LogP contribution in [0.25, 0.3) is 0 Å². The first-order chi connectivity index (χ1) is 10.2. The van der Waals surface area contributed by atoms with E-state index in [0.29, 0.717) is 23.5 Å². The van der Waals surface area contributed by atoms with Crippen LogP contribution in [-0.4, -0.2) is 28.6 Å². The second kappa shape index (κ2) is 7.40. The Morgan fingerprint density at radius 2 is 2.05 bits per heavy atom. The zero-order chi connectivity index (χ0) is 15.1. The van der Waals surface area contributed by atoms with Gasteiger partial charge in [0.1, 0.15) is 11.5 Å². The van der Waals surface area contributed by atoms with Crippen molar-refractivity contribution < 1.29 is 14.6 Å². The third kappa shape index (κ3) is 4.57. The largest absolute Gasteiger partial charge is 0.457 e. The molecule has 110 valence electrons. The van der Waals surface area contributed by atoms with Crippen molar-refractivity contribution in [1.29, 1.82) is 0 Å². The molecule has 0 saturated heterocycles. The summed E-state index contributed by atoms with van der Waals surface area (Å²) in [6.45, 7) is 1.90. The molecule has 0 aliphatic carbocycles. The quantitative estimate of drug-likeness (QED) is 0.855. The fourth-order valence-electron chi connectivity index (χ4n) is 1.82. The topological polar surface area (TPSA) is 71.5 Å². The molecule has 1 aromatic carbocycles. The van der Waals surface area contributed by atoms with E-state index >= 15 is 0 Å². The van der Waals surface area contributed by atoms with Gasteiger partial charge in [-0.05, 0) is 43.7 Å². The van der Waals surface area contributed by atoms with Crippen LogP contribution >= 0.6 is 0 Å². The van der Waals surface area contributed by atoms with Crippen LogP contribution in [0.2, 0.25) is 0 Å². The van der Waals surface area contributed by atoms with Crippen molar-refractivity contribution in [3.8, 4) is 11.5 Å². The molecule has 1 amide bonds. The predicted molar refractivity (Wildman–Crippen MR) is 79.4 cm³/mol. The van der Waals surface area contributed by atoms with Crippen LogP contribution < -0.4 is 10.1 Å². The molecule has 1 atom stereocenters. The highest BCUT2D eigenvalue weighted by Gasteiger charge is 2.10. The van der Waals surface area contributed by atoms with E-state index in [4.69, 9.17) is 9.84 Å². The van der Waals surface area contributed by atoms with Gasteiger partial charge in [-0.2, -0.15) is 0 Å². The molecule has 0 saturated carbocycles. The summed E-state index contributed by atoms with van der Waals surface area (Å²) in [5, 5.41) is 11.7. The fraction of sp³-hybridized carbons (Fsp3) is 0.250. The van der Waals surface area contributed by atoms with Crippen molar-refractivity contribution in [2.24, 2.45) is 0 Å². The molecule has 0 spiro atoms. The van der Waals surface area contributed by atoms with Crippen molar-refractivity contribution in [1.82, 2.24) is 10.3 Å². The Labute approximate surface area is 123 Å². The number of benzene rings is 1. The van der Waals surface area contributed by atoms with Gasteiger partial charge in [0.15, 0.2) is 0 Å². The second-order valence-electron chi connectivity index (χ2n) is 4.70. The number of carbonyl (C=O) groups excluding carboxylic acids is 1. The molecule has 21 heavy (non-hydrogen) atoms. The van der Waals surface area contributed by atoms with Crippen LogP contribution in [0.4, 0.5) is 0 Å². The molecule has 1 aromatic heterocycles. The summed E-state index contributed by atoms with van der Waals surface area (Å²) in [6.07, 6.45) is 3.81. The number of rotatable bonds is 6. The third-order valence-electron chi connectivity index (χ3n) is 2.92. The summed E-state index contributed by atoms with van der Waals surface area (Å²) in [4.78, 5) is 16.0. The Kier molecular flexibility index (Phi) is 5.29. The van der Waals surface area contributed by atoms with Gasteiger partial charge >= 0.3 is 0 Å². The molecule has 2 aromatic rings. The predicted octanol–water partition coefficient (Wildman–Crippen LogP) is 2.37. The van der Waals surface area contributed by atoms with E-state index in [2.05, 4.69) is 10.3 Å². The molecule has 0 aliphatic heterocycles. The summed E-state index contributed by atoms with van der Waals surface area (Å²) in [6, 6.07) is 10.4. The number of aromatic nitrogens is 1. The van der Waals surface area contributed by atoms with Crippen LogP contribution in [0.1, 0.15) is 23.7 Å². The molecule has 0 aliphatic rings. The summed E-state index contributed by atoms with van der Waals surface area (Å²) in [7, 11) is 0. The number of carbonyl (C=O) groups is 1. The number of hydrogen-bond acceptors (Lipinski definition) is 4. The summed E-state index contributed by atoms with van der Waals surface area (Å²) < 4.78 is 5.66. The number of ether oxygens (including phenoxy) is 1. The number of hydrogen-bond donors (Lipinski definition) is 2. The zero-order valence-electron chi connectivity index (χ0n) is 11.8. The molecular weight excluding hydrogens is 268 g/mol. The second-order valence-corrected chi connectivity index (χ2v) is 4.70. The normalized spacial score (nSPS) is 11.7. The van der Waals surface area contributed by atoms with Gasteiger partial charge in [-0.3, -0.25) is 9.78 Å². The smallest absolute Gasteiger partial charge is 0.251 e. The first-order valence-corrected chi connectivity index (χ1v) is 6.78. The van der Waals surface area contributed by atoms with Gasteiger partial charge in [-0.25, -0.2) is 0 Å². The van der Waals surface area contributed by atoms with Crippen molar-refractivity contribution in [3.63, 3.8) is 0 Å². The monoisotopic (exact) mass is 286 g/mol. The lowest BCUT2D eigenvalue weighted by Gasteiger charge is -2.13. The van der Waals surface area contributed by atoms with Gasteiger partial charge < -0.3 is 15.2 Å². The molecule has 0 fully saturated rings. The van der Waals surface area contributed by atoms with Crippen LogP contribution in [0.3, 0.4) is 0 Å². The lowest BCUT2D eigenvalue weighted by atomic mass is 10.1. The SMILES string of the molecule is CC(CCO)NC(=O)c1cccc(Oc2ccncc2)c1. The minimum Gasteiger partial charge on any atom is -0.457 e. The van der Waals surface area contributed by atoms with E-state index < -0.39 is 0 Å². The Bertz CT molecular complexity index is 587. The fourth-order valence-corrected chi connectivity index (χ4v) is 1.82. The highest BCUT2D eigenvalue weighted by Crippen LogP contribution is 2.21. The Hall–Kier alpha value is -2.40. The number of pyridine rings is 1. The van der Waals surface area contributed by atoms with E-state index in [1.54, 1.807) is 48.8 Å². The van der Waals surface area contributed by atoms with Crippen molar-refractivity contribution in [2.45, 2.75) is 19.4 Å². The number of aliphatic hydroxyl groups excluding tert-OH is 1. The van der Waals surface area contributed by atoms with Gasteiger partial charge in [-0.15, -0.1) is 0 Å². The van der Waals surface area contributed by atoms with E-state index in [9.17, 15) is 4.79 Å². The van der Waals surface area contributed by atoms with E-state index in [-0.39, 0.29) is 18.6 Å². The maximum absolute atomic E-state index is 12.1. The molecular formula is C16H18N2O3. The molecule has 0 bridgehead atoms. The molecule has 1 unspecified atom stereocenters. The minimum absolute atomic E-state index is 0.0483. The van der Waals surface area contributed by atoms with Gasteiger partial charge in [-0.1, -0.05) is 6.07 Å². The van der Waals surface area contributed by atoms with E-state index in [1.807, 2.05) is 6.92 Å². The van der Waals surface area contributed by atoms with Crippen molar-refractivity contribution in [2.75, 3.05) is 6.61 Å². The lowest BCUT2D eigenvalue weighted by Crippen LogP contribution is -2.33. The zero-order valence-corrected chi connectivity index (χ0v) is 11.8. The molecule has 2 rings (SSSR count). The number of amides is 1. The van der Waals surface area contributed by atoms with Gasteiger partial charge in [0.05, 0.1) is 0 Å². The Balaban J connectivity index is 2.05. The standard InChI is InChI=1S/C16H18N2O3/c1-12(7-10-19)18-16(20)13-3-2-4-15(11-13)21-14-5-8-17-9-6-14/h2-6,8-9,11-12,19H,7,10H2,1H3,(H,18,20). The van der Waals surface area contributed by atoms with Crippen molar-refractivity contribution >= 4 is 5.91 Å². The highest BCUT2D eigenvalue weighted by atomic mass is 16.5. The summed E-state index contributed by atoms with van der Waals surface area (Å²) in [5.41, 5.74) is 0.520. The van der Waals surface area contributed by atoms with E-state index in [0.717, 1.165) is 0 Å². The number of nitrogens with zero attached hydrogens (tertiary/aromatic N) is 1. The minimum atomic E-state index is -0.184. The number of nitrogens with one attached hydrogen (secondary N) is 1. The van der Waals surface area contributed by atoms with Crippen LogP contribution in [0.5, 0.6) is 11.5 Å². The molecule has 1 heterocycles. The average Bonchev–Trinajstić information content (AvgIpc) is 2.49. The van der Waals surface area contributed by atoms with Crippen LogP contribution in [0.15, 0.2) is 48.8 Å². The van der Waals surface area contributed by atoms with Crippen molar-refractivity contribution in [3.05, 3.63) is 54.4 Å². The number of aliphatic hydroxyl groups is 1. The maximum Gasteiger partial charge on any atom is 0.251 e. The Morgan fingerprint density at radius 1 is 1.29 bits per heavy atom. The maximum atomic E-state index is 12.1. The lowest BCUT2D eigenvalue weighted by molar-refractivity contribution is 0.0934. The van der Waals surface area contributed by atoms with E-state index in [1.165, 1.54) is 0 Å². The van der Waals surface area contributed by atoms with Gasteiger partial charge in [0.2, 0.25) is 0 Å².